The van der Waals surface area contributed by atoms with Crippen LogP contribution in [-0.4, -0.2) is 20.2 Å². The van der Waals surface area contributed by atoms with Gasteiger partial charge in [-0.1, -0.05) is 24.3 Å². The molecule has 0 heterocycles. The number of esters is 1. The molecule has 2 aromatic carbocycles. The Labute approximate surface area is 129 Å². The maximum atomic E-state index is 14.0. The summed E-state index contributed by atoms with van der Waals surface area (Å²) in [5, 5.41) is 0. The molecule has 114 valence electrons. The summed E-state index contributed by atoms with van der Waals surface area (Å²) in [5.41, 5.74) is 2.61. The van der Waals surface area contributed by atoms with E-state index in [1.165, 1.54) is 26.4 Å². The SMILES string of the molecule is COC(=O)/C=C(\C)c1ccc(OC)c(-c2ccccc2F)c1. The molecule has 0 spiro atoms. The summed E-state index contributed by atoms with van der Waals surface area (Å²) in [7, 11) is 2.86. The van der Waals surface area contributed by atoms with Crippen molar-refractivity contribution < 1.29 is 18.7 Å². The fourth-order valence-electron chi connectivity index (χ4n) is 2.16. The van der Waals surface area contributed by atoms with Gasteiger partial charge in [0, 0.05) is 17.2 Å². The fraction of sp³-hybridized carbons (Fsp3) is 0.167. The lowest BCUT2D eigenvalue weighted by atomic mass is 9.98. The molecule has 2 aromatic rings. The number of allylic oxidation sites excluding steroid dienone is 1. The van der Waals surface area contributed by atoms with Crippen molar-refractivity contribution in [3.63, 3.8) is 0 Å². The van der Waals surface area contributed by atoms with Gasteiger partial charge in [0.1, 0.15) is 11.6 Å². The average Bonchev–Trinajstić information content (AvgIpc) is 2.54. The van der Waals surface area contributed by atoms with Crippen molar-refractivity contribution >= 4 is 11.5 Å². The summed E-state index contributed by atoms with van der Waals surface area (Å²) in [4.78, 5) is 11.3. The minimum Gasteiger partial charge on any atom is -0.496 e. The predicted octanol–water partition coefficient (Wildman–Crippen LogP) is 4.08. The summed E-state index contributed by atoms with van der Waals surface area (Å²) in [6, 6.07) is 11.9. The van der Waals surface area contributed by atoms with Gasteiger partial charge in [-0.25, -0.2) is 9.18 Å². The molecule has 0 aliphatic rings. The normalized spacial score (nSPS) is 11.2. The van der Waals surface area contributed by atoms with Gasteiger partial charge in [-0.3, -0.25) is 0 Å². The largest absolute Gasteiger partial charge is 0.496 e. The molecule has 0 aliphatic heterocycles. The molecule has 0 amide bonds. The van der Waals surface area contributed by atoms with E-state index in [1.54, 1.807) is 37.3 Å². The molecule has 22 heavy (non-hydrogen) atoms. The van der Waals surface area contributed by atoms with Crippen LogP contribution in [0.15, 0.2) is 48.5 Å². The fourth-order valence-corrected chi connectivity index (χ4v) is 2.16. The van der Waals surface area contributed by atoms with Gasteiger partial charge in [0.15, 0.2) is 0 Å². The summed E-state index contributed by atoms with van der Waals surface area (Å²) in [6.45, 7) is 1.80. The van der Waals surface area contributed by atoms with E-state index in [9.17, 15) is 9.18 Å². The zero-order valence-electron chi connectivity index (χ0n) is 12.7. The third-order valence-electron chi connectivity index (χ3n) is 3.35. The summed E-state index contributed by atoms with van der Waals surface area (Å²) >= 11 is 0. The van der Waals surface area contributed by atoms with Gasteiger partial charge in [-0.05, 0) is 36.3 Å². The standard InChI is InChI=1S/C18H17FO3/c1-12(10-18(20)22-3)13-8-9-17(21-2)15(11-13)14-6-4-5-7-16(14)19/h4-11H,1-3H3/b12-10+. The maximum absolute atomic E-state index is 14.0. The highest BCUT2D eigenvalue weighted by Gasteiger charge is 2.12. The Hall–Kier alpha value is -2.62. The van der Waals surface area contributed by atoms with Crippen molar-refractivity contribution in [3.8, 4) is 16.9 Å². The number of methoxy groups -OCH3 is 2. The first-order valence-electron chi connectivity index (χ1n) is 6.76. The van der Waals surface area contributed by atoms with Crippen molar-refractivity contribution in [1.82, 2.24) is 0 Å². The van der Waals surface area contributed by atoms with E-state index < -0.39 is 5.97 Å². The number of hydrogen-bond donors (Lipinski definition) is 0. The smallest absolute Gasteiger partial charge is 0.330 e. The molecule has 0 saturated heterocycles. The van der Waals surface area contributed by atoms with E-state index in [-0.39, 0.29) is 5.82 Å². The van der Waals surface area contributed by atoms with Crippen LogP contribution < -0.4 is 4.74 Å². The van der Waals surface area contributed by atoms with Crippen LogP contribution in [0.4, 0.5) is 4.39 Å². The number of carbonyl (C=O) groups excluding carboxylic acids is 1. The second-order valence-electron chi connectivity index (χ2n) is 4.75. The Kier molecular flexibility index (Phi) is 4.94. The summed E-state index contributed by atoms with van der Waals surface area (Å²) < 4.78 is 24.0. The van der Waals surface area contributed by atoms with Gasteiger partial charge in [-0.2, -0.15) is 0 Å². The van der Waals surface area contributed by atoms with Crippen molar-refractivity contribution in [2.24, 2.45) is 0 Å². The molecule has 0 saturated carbocycles. The van der Waals surface area contributed by atoms with Crippen molar-refractivity contribution in [2.75, 3.05) is 14.2 Å². The number of benzene rings is 2. The van der Waals surface area contributed by atoms with Gasteiger partial charge < -0.3 is 9.47 Å². The molecule has 0 fully saturated rings. The third kappa shape index (κ3) is 3.34. The molecule has 0 atom stereocenters. The number of carbonyl (C=O) groups is 1. The van der Waals surface area contributed by atoms with Crippen LogP contribution in [0.2, 0.25) is 0 Å². The van der Waals surface area contributed by atoms with Crippen molar-refractivity contribution in [2.45, 2.75) is 6.92 Å². The zero-order chi connectivity index (χ0) is 16.1. The second-order valence-corrected chi connectivity index (χ2v) is 4.75. The molecule has 0 aliphatic carbocycles. The van der Waals surface area contributed by atoms with Gasteiger partial charge in [0.05, 0.1) is 14.2 Å². The van der Waals surface area contributed by atoms with Crippen LogP contribution in [0.25, 0.3) is 16.7 Å². The van der Waals surface area contributed by atoms with Gasteiger partial charge in [0.2, 0.25) is 0 Å². The Morgan fingerprint density at radius 2 is 1.82 bits per heavy atom. The molecule has 2 rings (SSSR count). The highest BCUT2D eigenvalue weighted by atomic mass is 19.1. The first kappa shape index (κ1) is 15.8. The molecule has 4 heteroatoms. The molecule has 0 unspecified atom stereocenters. The Morgan fingerprint density at radius 3 is 2.45 bits per heavy atom. The summed E-state index contributed by atoms with van der Waals surface area (Å²) in [5.74, 6) is -0.187. The minimum atomic E-state index is -0.430. The highest BCUT2D eigenvalue weighted by molar-refractivity contribution is 5.91. The molecule has 0 bridgehead atoms. The monoisotopic (exact) mass is 300 g/mol. The van der Waals surface area contributed by atoms with Gasteiger partial charge in [-0.15, -0.1) is 0 Å². The Balaban J connectivity index is 2.54. The Morgan fingerprint density at radius 1 is 1.09 bits per heavy atom. The lowest BCUT2D eigenvalue weighted by Crippen LogP contribution is -1.97. The van der Waals surface area contributed by atoms with E-state index in [4.69, 9.17) is 4.74 Å². The van der Waals surface area contributed by atoms with Crippen LogP contribution in [0.5, 0.6) is 5.75 Å². The maximum Gasteiger partial charge on any atom is 0.330 e. The van der Waals surface area contributed by atoms with Crippen LogP contribution in [0.3, 0.4) is 0 Å². The molecule has 0 N–H and O–H groups in total. The number of hydrogen-bond acceptors (Lipinski definition) is 3. The molecule has 0 aromatic heterocycles. The first-order chi connectivity index (χ1) is 10.6. The molecule has 0 radical (unpaired) electrons. The van der Waals surface area contributed by atoms with E-state index >= 15 is 0 Å². The second kappa shape index (κ2) is 6.89. The van der Waals surface area contributed by atoms with Crippen LogP contribution in [0.1, 0.15) is 12.5 Å². The van der Waals surface area contributed by atoms with Gasteiger partial charge in [0.25, 0.3) is 0 Å². The van der Waals surface area contributed by atoms with E-state index in [2.05, 4.69) is 4.74 Å². The summed E-state index contributed by atoms with van der Waals surface area (Å²) in [6.07, 6.45) is 1.40. The molecular weight excluding hydrogens is 283 g/mol. The lowest BCUT2D eigenvalue weighted by Gasteiger charge is -2.12. The topological polar surface area (TPSA) is 35.5 Å². The van der Waals surface area contributed by atoms with Crippen molar-refractivity contribution in [3.05, 3.63) is 59.9 Å². The lowest BCUT2D eigenvalue weighted by molar-refractivity contribution is -0.134. The van der Waals surface area contributed by atoms with E-state index in [0.717, 1.165) is 11.1 Å². The number of ether oxygens (including phenoxy) is 2. The van der Waals surface area contributed by atoms with Crippen LogP contribution in [-0.2, 0) is 9.53 Å². The van der Waals surface area contributed by atoms with Crippen molar-refractivity contribution in [1.29, 1.82) is 0 Å². The molecular formula is C18H17FO3. The number of rotatable bonds is 4. The zero-order valence-corrected chi connectivity index (χ0v) is 12.7. The predicted molar refractivity (Wildman–Crippen MR) is 84.1 cm³/mol. The van der Waals surface area contributed by atoms with Crippen LogP contribution in [0, 0.1) is 5.82 Å². The van der Waals surface area contributed by atoms with Crippen LogP contribution >= 0.6 is 0 Å². The quantitative estimate of drug-likeness (QED) is 0.630. The Bertz CT molecular complexity index is 720. The average molecular weight is 300 g/mol. The van der Waals surface area contributed by atoms with E-state index in [0.29, 0.717) is 16.9 Å². The van der Waals surface area contributed by atoms with E-state index in [1.807, 2.05) is 6.07 Å². The highest BCUT2D eigenvalue weighted by Crippen LogP contribution is 2.34. The van der Waals surface area contributed by atoms with Gasteiger partial charge >= 0.3 is 5.97 Å². The molecule has 3 nitrogen and oxygen atoms in total. The first-order valence-corrected chi connectivity index (χ1v) is 6.76. The minimum absolute atomic E-state index is 0.326. The third-order valence-corrected chi connectivity index (χ3v) is 3.35. The number of halogens is 1.